The van der Waals surface area contributed by atoms with Crippen molar-refractivity contribution >= 4 is 21.6 Å². The van der Waals surface area contributed by atoms with Gasteiger partial charge in [-0.2, -0.15) is 13.2 Å². The fraction of sp³-hybridized carbons (Fsp3) is 0.462. The first kappa shape index (κ1) is 19.4. The van der Waals surface area contributed by atoms with Gasteiger partial charge in [-0.3, -0.25) is 4.79 Å². The Morgan fingerprint density at radius 1 is 1.30 bits per heavy atom. The van der Waals surface area contributed by atoms with Crippen LogP contribution < -0.4 is 10.5 Å². The van der Waals surface area contributed by atoms with Gasteiger partial charge in [0.1, 0.15) is 6.61 Å². The molecule has 0 saturated heterocycles. The number of benzene rings is 1. The van der Waals surface area contributed by atoms with E-state index in [4.69, 9.17) is 5.14 Å². The summed E-state index contributed by atoms with van der Waals surface area (Å²) in [6, 6.07) is 2.57. The molecule has 1 aromatic carbocycles. The molecule has 0 radical (unpaired) electrons. The third-order valence-electron chi connectivity index (χ3n) is 2.98. The minimum absolute atomic E-state index is 0.163. The maximum Gasteiger partial charge on any atom is 0.411 e. The molecule has 0 saturated carbocycles. The monoisotopic (exact) mass is 354 g/mol. The molecule has 0 atom stereocenters. The highest BCUT2D eigenvalue weighted by Crippen LogP contribution is 2.23. The summed E-state index contributed by atoms with van der Waals surface area (Å²) < 4.78 is 62.8. The number of nitrogens with one attached hydrogen (secondary N) is 1. The zero-order valence-electron chi connectivity index (χ0n) is 12.5. The summed E-state index contributed by atoms with van der Waals surface area (Å²) in [6.07, 6.45) is -4.75. The van der Waals surface area contributed by atoms with E-state index in [0.29, 0.717) is 11.1 Å². The van der Waals surface area contributed by atoms with Gasteiger partial charge in [0.15, 0.2) is 0 Å². The average Bonchev–Trinajstić information content (AvgIpc) is 2.37. The molecule has 10 heteroatoms. The van der Waals surface area contributed by atoms with Crippen LogP contribution in [0.25, 0.3) is 0 Å². The lowest BCUT2D eigenvalue weighted by Crippen LogP contribution is -2.20. The summed E-state index contributed by atoms with van der Waals surface area (Å²) >= 11 is 0. The van der Waals surface area contributed by atoms with Gasteiger partial charge in [-0.1, -0.05) is 0 Å². The number of primary sulfonamides is 1. The van der Waals surface area contributed by atoms with Crippen molar-refractivity contribution in [3.05, 3.63) is 23.3 Å². The number of amides is 1. The molecule has 3 N–H and O–H groups in total. The number of sulfonamides is 1. The molecule has 1 aromatic rings. The van der Waals surface area contributed by atoms with Crippen molar-refractivity contribution < 1.29 is 31.1 Å². The van der Waals surface area contributed by atoms with E-state index in [0.717, 1.165) is 0 Å². The Morgan fingerprint density at radius 3 is 2.43 bits per heavy atom. The van der Waals surface area contributed by atoms with Crippen molar-refractivity contribution in [2.75, 3.05) is 18.5 Å². The van der Waals surface area contributed by atoms with Crippen LogP contribution in [0.3, 0.4) is 0 Å². The lowest BCUT2D eigenvalue weighted by atomic mass is 10.1. The zero-order valence-corrected chi connectivity index (χ0v) is 13.3. The maximum atomic E-state index is 11.9. The molecule has 0 fully saturated rings. The fourth-order valence-electron chi connectivity index (χ4n) is 1.69. The van der Waals surface area contributed by atoms with Gasteiger partial charge in [-0.05, 0) is 37.1 Å². The summed E-state index contributed by atoms with van der Waals surface area (Å²) in [4.78, 5) is 11.5. The number of carbonyl (C=O) groups is 1. The van der Waals surface area contributed by atoms with Gasteiger partial charge in [0, 0.05) is 5.69 Å². The minimum atomic E-state index is -4.45. The van der Waals surface area contributed by atoms with E-state index in [1.54, 1.807) is 13.8 Å². The molecule has 0 aliphatic heterocycles. The first-order valence-corrected chi connectivity index (χ1v) is 8.03. The van der Waals surface area contributed by atoms with Crippen LogP contribution in [0.5, 0.6) is 0 Å². The molecular formula is C13H17F3N2O4S. The summed E-state index contributed by atoms with van der Waals surface area (Å²) in [6.45, 7) is 1.47. The van der Waals surface area contributed by atoms with Crippen molar-refractivity contribution in [1.29, 1.82) is 0 Å². The lowest BCUT2D eigenvalue weighted by molar-refractivity contribution is -0.174. The van der Waals surface area contributed by atoms with Gasteiger partial charge < -0.3 is 10.1 Å². The molecular weight excluding hydrogens is 337 g/mol. The van der Waals surface area contributed by atoms with Crippen molar-refractivity contribution in [3.8, 4) is 0 Å². The fourth-order valence-corrected chi connectivity index (χ4v) is 2.31. The Labute approximate surface area is 131 Å². The predicted octanol–water partition coefficient (Wildman–Crippen LogP) is 1.86. The smallest absolute Gasteiger partial charge is 0.372 e. The van der Waals surface area contributed by atoms with Gasteiger partial charge in [0.25, 0.3) is 0 Å². The van der Waals surface area contributed by atoms with Crippen LogP contribution in [0, 0.1) is 13.8 Å². The van der Waals surface area contributed by atoms with Gasteiger partial charge in [-0.15, -0.1) is 0 Å². The number of halogens is 3. The van der Waals surface area contributed by atoms with Crippen LogP contribution >= 0.6 is 0 Å². The SMILES string of the molecule is Cc1cc(S(N)(=O)=O)cc(NC(=O)CCOCC(F)(F)F)c1C. The molecule has 0 unspecified atom stereocenters. The summed E-state index contributed by atoms with van der Waals surface area (Å²) in [7, 11) is -3.94. The number of hydrogen-bond acceptors (Lipinski definition) is 4. The minimum Gasteiger partial charge on any atom is -0.372 e. The molecule has 0 aliphatic carbocycles. The molecule has 1 amide bonds. The van der Waals surface area contributed by atoms with Gasteiger partial charge >= 0.3 is 6.18 Å². The number of aryl methyl sites for hydroxylation is 1. The number of anilines is 1. The number of ether oxygens (including phenoxy) is 1. The van der Waals surface area contributed by atoms with Crippen LogP contribution in [0.2, 0.25) is 0 Å². The second kappa shape index (κ2) is 7.28. The Bertz CT molecular complexity index is 687. The average molecular weight is 354 g/mol. The lowest BCUT2D eigenvalue weighted by Gasteiger charge is -2.13. The van der Waals surface area contributed by atoms with Crippen LogP contribution in [0.1, 0.15) is 17.5 Å². The molecule has 130 valence electrons. The van der Waals surface area contributed by atoms with Crippen molar-refractivity contribution in [1.82, 2.24) is 0 Å². The number of rotatable bonds is 6. The molecule has 23 heavy (non-hydrogen) atoms. The van der Waals surface area contributed by atoms with Crippen LogP contribution in [-0.4, -0.2) is 33.7 Å². The van der Waals surface area contributed by atoms with Gasteiger partial charge in [0.05, 0.1) is 17.9 Å². The van der Waals surface area contributed by atoms with E-state index in [2.05, 4.69) is 10.1 Å². The third kappa shape index (κ3) is 6.55. The molecule has 0 bridgehead atoms. The highest BCUT2D eigenvalue weighted by Gasteiger charge is 2.27. The Hall–Kier alpha value is -1.65. The highest BCUT2D eigenvalue weighted by molar-refractivity contribution is 7.89. The van der Waals surface area contributed by atoms with Crippen molar-refractivity contribution in [3.63, 3.8) is 0 Å². The van der Waals surface area contributed by atoms with E-state index >= 15 is 0 Å². The summed E-state index contributed by atoms with van der Waals surface area (Å²) in [5, 5.41) is 7.49. The molecule has 0 heterocycles. The topological polar surface area (TPSA) is 98.5 Å². The Morgan fingerprint density at radius 2 is 1.91 bits per heavy atom. The first-order chi connectivity index (χ1) is 10.4. The van der Waals surface area contributed by atoms with E-state index in [-0.39, 0.29) is 17.0 Å². The first-order valence-electron chi connectivity index (χ1n) is 6.48. The zero-order chi connectivity index (χ0) is 17.8. The summed E-state index contributed by atoms with van der Waals surface area (Å²) in [5.74, 6) is -0.596. The maximum absolute atomic E-state index is 11.9. The molecule has 1 rings (SSSR count). The molecule has 0 spiro atoms. The van der Waals surface area contributed by atoms with E-state index in [9.17, 15) is 26.4 Å². The van der Waals surface area contributed by atoms with E-state index in [1.807, 2.05) is 0 Å². The Kier molecular flexibility index (Phi) is 6.14. The van der Waals surface area contributed by atoms with Crippen molar-refractivity contribution in [2.45, 2.75) is 31.3 Å². The third-order valence-corrected chi connectivity index (χ3v) is 3.88. The van der Waals surface area contributed by atoms with Crippen LogP contribution in [0.15, 0.2) is 17.0 Å². The second-order valence-corrected chi connectivity index (χ2v) is 6.49. The van der Waals surface area contributed by atoms with E-state index < -0.39 is 35.3 Å². The number of alkyl halides is 3. The second-order valence-electron chi connectivity index (χ2n) is 4.92. The molecule has 0 aromatic heterocycles. The van der Waals surface area contributed by atoms with Gasteiger partial charge in [-0.25, -0.2) is 13.6 Å². The van der Waals surface area contributed by atoms with E-state index in [1.165, 1.54) is 12.1 Å². The number of hydrogen-bond donors (Lipinski definition) is 2. The number of nitrogens with two attached hydrogens (primary N) is 1. The predicted molar refractivity (Wildman–Crippen MR) is 77.4 cm³/mol. The van der Waals surface area contributed by atoms with Crippen molar-refractivity contribution in [2.24, 2.45) is 5.14 Å². The number of carbonyl (C=O) groups excluding carboxylic acids is 1. The van der Waals surface area contributed by atoms with Gasteiger partial charge in [0.2, 0.25) is 15.9 Å². The quantitative estimate of drug-likeness (QED) is 0.762. The molecule has 6 nitrogen and oxygen atoms in total. The Balaban J connectivity index is 2.73. The van der Waals surface area contributed by atoms with Crippen LogP contribution in [0.4, 0.5) is 18.9 Å². The van der Waals surface area contributed by atoms with Crippen LogP contribution in [-0.2, 0) is 19.6 Å². The summed E-state index contributed by atoms with van der Waals surface area (Å²) in [5.41, 5.74) is 1.46. The molecule has 0 aliphatic rings. The highest BCUT2D eigenvalue weighted by atomic mass is 32.2. The normalized spacial score (nSPS) is 12.3. The standard InChI is InChI=1S/C13H17F3N2O4S/c1-8-5-10(23(17,20)21)6-11(9(8)2)18-12(19)3-4-22-7-13(14,15)16/h5-6H,3-4,7H2,1-2H3,(H,18,19)(H2,17,20,21). The largest absolute Gasteiger partial charge is 0.411 e.